The molecule has 0 saturated carbocycles. The highest BCUT2D eigenvalue weighted by Gasteiger charge is 2.31. The van der Waals surface area contributed by atoms with Gasteiger partial charge in [-0.1, -0.05) is 23.9 Å². The third-order valence-electron chi connectivity index (χ3n) is 4.39. The van der Waals surface area contributed by atoms with E-state index in [1.54, 1.807) is 14.0 Å². The van der Waals surface area contributed by atoms with Crippen LogP contribution in [0.4, 0.5) is 18.9 Å². The van der Waals surface area contributed by atoms with Crippen LogP contribution in [0, 0.1) is 0 Å². The standard InChI is InChI=1S/C21H21F3N4O3S/c1-4-28-18(16-7-5-6-8-17(16)30-3)26-27-20(28)32-13(2)19(29)25-14-9-11-15(12-10-14)31-21(22,23)24/h5-13H,4H2,1-3H3,(H,25,29). The van der Waals surface area contributed by atoms with E-state index in [0.29, 0.717) is 29.0 Å². The number of anilines is 1. The predicted octanol–water partition coefficient (Wildman–Crippen LogP) is 4.99. The monoisotopic (exact) mass is 466 g/mol. The number of alkyl halides is 3. The van der Waals surface area contributed by atoms with Gasteiger partial charge in [0, 0.05) is 12.2 Å². The van der Waals surface area contributed by atoms with Crippen LogP contribution in [0.2, 0.25) is 0 Å². The van der Waals surface area contributed by atoms with Gasteiger partial charge in [-0.25, -0.2) is 0 Å². The number of halogens is 3. The van der Waals surface area contributed by atoms with E-state index in [1.807, 2.05) is 35.8 Å². The summed E-state index contributed by atoms with van der Waals surface area (Å²) in [6.07, 6.45) is -4.77. The molecule has 1 aromatic heterocycles. The van der Waals surface area contributed by atoms with Crippen molar-refractivity contribution >= 4 is 23.4 Å². The van der Waals surface area contributed by atoms with Crippen LogP contribution < -0.4 is 14.8 Å². The molecule has 0 radical (unpaired) electrons. The van der Waals surface area contributed by atoms with Crippen LogP contribution in [0.1, 0.15) is 13.8 Å². The van der Waals surface area contributed by atoms with Gasteiger partial charge in [0.05, 0.1) is 17.9 Å². The zero-order chi connectivity index (χ0) is 23.3. The van der Waals surface area contributed by atoms with Crippen molar-refractivity contribution in [1.82, 2.24) is 14.8 Å². The number of para-hydroxylation sites is 1. The van der Waals surface area contributed by atoms with Crippen molar-refractivity contribution < 1.29 is 27.4 Å². The topological polar surface area (TPSA) is 78.3 Å². The maximum absolute atomic E-state index is 12.6. The minimum atomic E-state index is -4.77. The summed E-state index contributed by atoms with van der Waals surface area (Å²) in [7, 11) is 1.58. The molecule has 7 nitrogen and oxygen atoms in total. The molecule has 0 aliphatic carbocycles. The van der Waals surface area contributed by atoms with E-state index in [-0.39, 0.29) is 11.7 Å². The maximum Gasteiger partial charge on any atom is 0.573 e. The smallest absolute Gasteiger partial charge is 0.496 e. The molecule has 0 aliphatic heterocycles. The molecule has 0 bridgehead atoms. The first-order chi connectivity index (χ1) is 15.2. The second kappa shape index (κ2) is 9.94. The van der Waals surface area contributed by atoms with Crippen LogP contribution in [-0.4, -0.2) is 39.4 Å². The van der Waals surface area contributed by atoms with Crippen molar-refractivity contribution in [2.45, 2.75) is 37.2 Å². The second-order valence-electron chi connectivity index (χ2n) is 6.57. The molecule has 0 spiro atoms. The summed E-state index contributed by atoms with van der Waals surface area (Å²) in [5.74, 6) is 0.594. The van der Waals surface area contributed by atoms with Crippen molar-refractivity contribution in [2.75, 3.05) is 12.4 Å². The molecule has 0 saturated heterocycles. The van der Waals surface area contributed by atoms with Gasteiger partial charge in [-0.2, -0.15) is 0 Å². The molecule has 1 heterocycles. The van der Waals surface area contributed by atoms with E-state index in [0.717, 1.165) is 17.7 Å². The van der Waals surface area contributed by atoms with Crippen molar-refractivity contribution in [2.24, 2.45) is 0 Å². The Morgan fingerprint density at radius 1 is 1.16 bits per heavy atom. The van der Waals surface area contributed by atoms with Crippen LogP contribution in [-0.2, 0) is 11.3 Å². The van der Waals surface area contributed by atoms with E-state index in [1.165, 1.54) is 23.9 Å². The second-order valence-corrected chi connectivity index (χ2v) is 7.88. The number of aromatic nitrogens is 3. The van der Waals surface area contributed by atoms with Crippen LogP contribution in [0.5, 0.6) is 11.5 Å². The van der Waals surface area contributed by atoms with Gasteiger partial charge < -0.3 is 19.4 Å². The summed E-state index contributed by atoms with van der Waals surface area (Å²) in [5, 5.41) is 11.2. The molecule has 170 valence electrons. The number of thioether (sulfide) groups is 1. The van der Waals surface area contributed by atoms with Gasteiger partial charge in [0.15, 0.2) is 11.0 Å². The first-order valence-electron chi connectivity index (χ1n) is 9.61. The quantitative estimate of drug-likeness (QED) is 0.471. The highest BCUT2D eigenvalue weighted by Crippen LogP contribution is 2.32. The maximum atomic E-state index is 12.6. The summed E-state index contributed by atoms with van der Waals surface area (Å²) in [4.78, 5) is 12.6. The molecular formula is C21H21F3N4O3S. The first-order valence-corrected chi connectivity index (χ1v) is 10.5. The lowest BCUT2D eigenvalue weighted by molar-refractivity contribution is -0.274. The highest BCUT2D eigenvalue weighted by atomic mass is 32.2. The molecule has 3 aromatic rings. The molecule has 2 aromatic carbocycles. The molecule has 0 aliphatic rings. The minimum absolute atomic E-state index is 0.330. The Morgan fingerprint density at radius 2 is 1.84 bits per heavy atom. The third kappa shape index (κ3) is 5.72. The minimum Gasteiger partial charge on any atom is -0.496 e. The SMILES string of the molecule is CCn1c(SC(C)C(=O)Nc2ccc(OC(F)(F)F)cc2)nnc1-c1ccccc1OC. The molecular weight excluding hydrogens is 445 g/mol. The number of hydrogen-bond acceptors (Lipinski definition) is 6. The number of benzene rings is 2. The van der Waals surface area contributed by atoms with Crippen molar-refractivity contribution in [3.05, 3.63) is 48.5 Å². The zero-order valence-corrected chi connectivity index (χ0v) is 18.3. The van der Waals surface area contributed by atoms with Crippen LogP contribution in [0.15, 0.2) is 53.7 Å². The summed E-state index contributed by atoms with van der Waals surface area (Å²) < 4.78 is 47.9. The summed E-state index contributed by atoms with van der Waals surface area (Å²) >= 11 is 1.23. The van der Waals surface area contributed by atoms with Gasteiger partial charge >= 0.3 is 6.36 Å². The molecule has 3 rings (SSSR count). The van der Waals surface area contributed by atoms with Crippen LogP contribution in [0.3, 0.4) is 0 Å². The molecule has 32 heavy (non-hydrogen) atoms. The van der Waals surface area contributed by atoms with E-state index < -0.39 is 11.6 Å². The number of amides is 1. The number of ether oxygens (including phenoxy) is 2. The Balaban J connectivity index is 1.70. The number of nitrogens with one attached hydrogen (secondary N) is 1. The molecule has 0 fully saturated rings. The third-order valence-corrected chi connectivity index (χ3v) is 5.47. The molecule has 1 amide bonds. The van der Waals surface area contributed by atoms with Gasteiger partial charge in [0.25, 0.3) is 0 Å². The lowest BCUT2D eigenvalue weighted by Gasteiger charge is -2.14. The summed E-state index contributed by atoms with van der Waals surface area (Å²) in [5.41, 5.74) is 1.14. The average molecular weight is 466 g/mol. The largest absolute Gasteiger partial charge is 0.573 e. The van der Waals surface area contributed by atoms with Gasteiger partial charge in [-0.3, -0.25) is 4.79 Å². The molecule has 1 atom stereocenters. The first kappa shape index (κ1) is 23.5. The van der Waals surface area contributed by atoms with Crippen molar-refractivity contribution in [3.63, 3.8) is 0 Å². The fourth-order valence-corrected chi connectivity index (χ4v) is 3.80. The predicted molar refractivity (Wildman–Crippen MR) is 115 cm³/mol. The summed E-state index contributed by atoms with van der Waals surface area (Å²) in [6.45, 7) is 4.23. The molecule has 1 N–H and O–H groups in total. The number of carbonyl (C=O) groups is 1. The van der Waals surface area contributed by atoms with Gasteiger partial charge in [0.1, 0.15) is 11.5 Å². The van der Waals surface area contributed by atoms with Crippen LogP contribution in [0.25, 0.3) is 11.4 Å². The van der Waals surface area contributed by atoms with E-state index in [4.69, 9.17) is 4.74 Å². The Bertz CT molecular complexity index is 1070. The van der Waals surface area contributed by atoms with E-state index >= 15 is 0 Å². The average Bonchev–Trinajstić information content (AvgIpc) is 3.16. The van der Waals surface area contributed by atoms with E-state index in [9.17, 15) is 18.0 Å². The lowest BCUT2D eigenvalue weighted by Crippen LogP contribution is -2.23. The van der Waals surface area contributed by atoms with E-state index in [2.05, 4.69) is 20.3 Å². The number of nitrogens with zero attached hydrogens (tertiary/aromatic N) is 3. The van der Waals surface area contributed by atoms with Crippen molar-refractivity contribution in [1.29, 1.82) is 0 Å². The van der Waals surface area contributed by atoms with Gasteiger partial charge in [-0.05, 0) is 50.2 Å². The van der Waals surface area contributed by atoms with Crippen molar-refractivity contribution in [3.8, 4) is 22.9 Å². The van der Waals surface area contributed by atoms with Gasteiger partial charge in [-0.15, -0.1) is 23.4 Å². The van der Waals surface area contributed by atoms with Crippen LogP contribution >= 0.6 is 11.8 Å². The number of methoxy groups -OCH3 is 1. The zero-order valence-electron chi connectivity index (χ0n) is 17.5. The number of rotatable bonds is 8. The Labute approximate surface area is 186 Å². The Kier molecular flexibility index (Phi) is 7.29. The number of hydrogen-bond donors (Lipinski definition) is 1. The summed E-state index contributed by atoms with van der Waals surface area (Å²) in [6, 6.07) is 12.4. The lowest BCUT2D eigenvalue weighted by atomic mass is 10.2. The fourth-order valence-electron chi connectivity index (χ4n) is 2.89. The Morgan fingerprint density at radius 3 is 2.47 bits per heavy atom. The van der Waals surface area contributed by atoms with Gasteiger partial charge in [0.2, 0.25) is 5.91 Å². The molecule has 1 unspecified atom stereocenters. The highest BCUT2D eigenvalue weighted by molar-refractivity contribution is 8.00. The fraction of sp³-hybridized carbons (Fsp3) is 0.286. The number of carbonyl (C=O) groups excluding carboxylic acids is 1. The normalized spacial score (nSPS) is 12.3. The Hall–Kier alpha value is -3.21. The molecule has 11 heteroatoms.